The van der Waals surface area contributed by atoms with Crippen LogP contribution in [0.25, 0.3) is 0 Å². The minimum Gasteiger partial charge on any atom is -0.508 e. The van der Waals surface area contributed by atoms with Gasteiger partial charge in [-0.3, -0.25) is 24.1 Å². The first-order chi connectivity index (χ1) is 31.1. The molecule has 8 rings (SSSR count). The molecule has 8 nitrogen and oxygen atoms in total. The molecule has 3 unspecified atom stereocenters. The molecular weight excluding hydrogens is 814 g/mol. The molecule has 3 atom stereocenters. The first-order valence-corrected chi connectivity index (χ1v) is 23.9. The van der Waals surface area contributed by atoms with Gasteiger partial charge in [0.25, 0.3) is 0 Å². The van der Waals surface area contributed by atoms with E-state index in [0.29, 0.717) is 61.1 Å². The number of aryl methyl sites for hydroxylation is 1. The van der Waals surface area contributed by atoms with Crippen LogP contribution in [-0.2, 0) is 29.1 Å². The highest BCUT2D eigenvalue weighted by molar-refractivity contribution is 6.07. The molecule has 9 heteroatoms. The number of anilines is 1. The van der Waals surface area contributed by atoms with E-state index in [1.807, 2.05) is 45.0 Å². The average Bonchev–Trinajstić information content (AvgIpc) is 3.68. The Morgan fingerprint density at radius 2 is 1.37 bits per heavy atom. The number of halogens is 1. The van der Waals surface area contributed by atoms with Crippen LogP contribution in [0.3, 0.4) is 0 Å². The van der Waals surface area contributed by atoms with Crippen LogP contribution in [0.4, 0.5) is 10.1 Å². The molecular formula is C56H70FN3O5. The van der Waals surface area contributed by atoms with Crippen molar-refractivity contribution in [3.63, 3.8) is 0 Å². The zero-order valence-electron chi connectivity index (χ0n) is 39.6. The van der Waals surface area contributed by atoms with E-state index in [2.05, 4.69) is 82.4 Å². The van der Waals surface area contributed by atoms with E-state index in [0.717, 1.165) is 81.3 Å². The summed E-state index contributed by atoms with van der Waals surface area (Å²) < 4.78 is 15.1. The number of rotatable bonds is 12. The molecule has 2 N–H and O–H groups in total. The number of nitrogens with zero attached hydrogens (tertiary/aromatic N) is 2. The summed E-state index contributed by atoms with van der Waals surface area (Å²) in [7, 11) is 0. The molecule has 4 aliphatic rings. The van der Waals surface area contributed by atoms with Crippen LogP contribution >= 0.6 is 0 Å². The molecule has 0 radical (unpaired) electrons. The fourth-order valence-corrected chi connectivity index (χ4v) is 10.4. The van der Waals surface area contributed by atoms with Gasteiger partial charge in [0.15, 0.2) is 11.6 Å². The van der Waals surface area contributed by atoms with Gasteiger partial charge >= 0.3 is 0 Å². The second kappa shape index (κ2) is 22.2. The summed E-state index contributed by atoms with van der Waals surface area (Å²) in [6.07, 6.45) is 8.67. The van der Waals surface area contributed by atoms with Crippen LogP contribution in [0.1, 0.15) is 165 Å². The number of hydrogen-bond donors (Lipinski definition) is 2. The van der Waals surface area contributed by atoms with Gasteiger partial charge in [-0.15, -0.1) is 0 Å². The van der Waals surface area contributed by atoms with E-state index in [-0.39, 0.29) is 35.2 Å². The normalized spacial score (nSPS) is 19.7. The zero-order valence-corrected chi connectivity index (χ0v) is 39.6. The molecule has 1 amide bonds. The highest BCUT2D eigenvalue weighted by Crippen LogP contribution is 2.47. The molecule has 2 saturated heterocycles. The predicted octanol–water partition coefficient (Wildman–Crippen LogP) is 11.8. The molecule has 0 bridgehead atoms. The van der Waals surface area contributed by atoms with Crippen LogP contribution in [0.15, 0.2) is 97.2 Å². The number of Topliss-reactive ketones (excluding diaryl/α,β-unsaturated/α-hetero) is 3. The van der Waals surface area contributed by atoms with E-state index in [1.165, 1.54) is 41.8 Å². The Bertz CT molecular complexity index is 2270. The van der Waals surface area contributed by atoms with E-state index in [4.69, 9.17) is 0 Å². The minimum atomic E-state index is -1.15. The third kappa shape index (κ3) is 12.5. The summed E-state index contributed by atoms with van der Waals surface area (Å²) in [4.78, 5) is 50.7. The number of piperidine rings is 2. The Morgan fingerprint density at radius 3 is 1.89 bits per heavy atom. The number of ketones is 3. The molecule has 3 aliphatic heterocycles. The summed E-state index contributed by atoms with van der Waals surface area (Å²) in [6.45, 7) is 17.9. The molecule has 4 aromatic rings. The van der Waals surface area contributed by atoms with Crippen molar-refractivity contribution >= 4 is 28.9 Å². The van der Waals surface area contributed by atoms with Gasteiger partial charge in [-0.2, -0.15) is 0 Å². The number of phenolic OH excluding ortho intramolecular Hbond substituents is 1. The maximum atomic E-state index is 15.1. The number of amides is 1. The van der Waals surface area contributed by atoms with Gasteiger partial charge < -0.3 is 15.3 Å². The highest BCUT2D eigenvalue weighted by Gasteiger charge is 2.34. The Balaban J connectivity index is 0.000000186. The second-order valence-electron chi connectivity index (χ2n) is 19.0. The van der Waals surface area contributed by atoms with Gasteiger partial charge in [-0.1, -0.05) is 88.7 Å². The van der Waals surface area contributed by atoms with E-state index in [1.54, 1.807) is 6.92 Å². The first-order valence-electron chi connectivity index (χ1n) is 23.9. The molecule has 0 aromatic heterocycles. The minimum absolute atomic E-state index is 0.0988. The Labute approximate surface area is 386 Å². The van der Waals surface area contributed by atoms with Crippen molar-refractivity contribution in [2.75, 3.05) is 24.5 Å². The van der Waals surface area contributed by atoms with Crippen molar-refractivity contribution in [3.8, 4) is 5.75 Å². The van der Waals surface area contributed by atoms with E-state index in [9.17, 15) is 24.3 Å². The SMILES string of the molecule is C=C1CCC(C)C(=O)N1.CC(=O)C1CCN(c2ccc(C3c4ccc(O)cc4CCC3c3ccccc3)cc2)CC1.CCCC(F)(CCC)CN1Cc2cc(C(C)=O)c(C(C)=O)cc2C1. The molecule has 4 aromatic carbocycles. The largest absolute Gasteiger partial charge is 0.508 e. The monoisotopic (exact) mass is 884 g/mol. The molecule has 346 valence electrons. The van der Waals surface area contributed by atoms with Gasteiger partial charge in [0, 0.05) is 73.0 Å². The van der Waals surface area contributed by atoms with Gasteiger partial charge in [0.1, 0.15) is 17.2 Å². The maximum Gasteiger partial charge on any atom is 0.226 e. The molecule has 0 spiro atoms. The van der Waals surface area contributed by atoms with Crippen LogP contribution in [-0.4, -0.2) is 58.6 Å². The third-order valence-electron chi connectivity index (χ3n) is 13.9. The van der Waals surface area contributed by atoms with Crippen molar-refractivity contribution in [2.45, 2.75) is 136 Å². The number of phenols is 1. The Hall–Kier alpha value is -5.41. The summed E-state index contributed by atoms with van der Waals surface area (Å²) in [5.74, 6) is 1.70. The van der Waals surface area contributed by atoms with E-state index >= 15 is 4.39 Å². The van der Waals surface area contributed by atoms with Crippen LogP contribution in [0, 0.1) is 11.8 Å². The number of nitrogens with one attached hydrogen (secondary N) is 1. The number of benzene rings is 4. The summed E-state index contributed by atoms with van der Waals surface area (Å²) in [5, 5.41) is 12.7. The lowest BCUT2D eigenvalue weighted by Gasteiger charge is -2.36. The molecule has 1 aliphatic carbocycles. The maximum absolute atomic E-state index is 15.1. The topological polar surface area (TPSA) is 107 Å². The quantitative estimate of drug-likeness (QED) is 0.136. The highest BCUT2D eigenvalue weighted by atomic mass is 19.1. The van der Waals surface area contributed by atoms with Crippen LogP contribution < -0.4 is 10.2 Å². The van der Waals surface area contributed by atoms with Gasteiger partial charge in [-0.25, -0.2) is 4.39 Å². The van der Waals surface area contributed by atoms with Crippen LogP contribution in [0.5, 0.6) is 5.75 Å². The fraction of sp³-hybridized carbons (Fsp3) is 0.464. The second-order valence-corrected chi connectivity index (χ2v) is 19.0. The fourth-order valence-electron chi connectivity index (χ4n) is 10.4. The van der Waals surface area contributed by atoms with Crippen molar-refractivity contribution < 1.29 is 28.7 Å². The number of alkyl halides is 1. The van der Waals surface area contributed by atoms with Gasteiger partial charge in [-0.05, 0) is 148 Å². The number of fused-ring (bicyclic) bond motifs is 2. The number of allylic oxidation sites excluding steroid dienone is 1. The lowest BCUT2D eigenvalue weighted by Crippen LogP contribution is -2.37. The smallest absolute Gasteiger partial charge is 0.226 e. The summed E-state index contributed by atoms with van der Waals surface area (Å²) >= 11 is 0. The third-order valence-corrected chi connectivity index (χ3v) is 13.9. The van der Waals surface area contributed by atoms with Gasteiger partial charge in [0.05, 0.1) is 0 Å². The molecule has 2 fully saturated rings. The lowest BCUT2D eigenvalue weighted by atomic mass is 9.69. The number of carbonyl (C=O) groups excluding carboxylic acids is 4. The van der Waals surface area contributed by atoms with Crippen LogP contribution in [0.2, 0.25) is 0 Å². The van der Waals surface area contributed by atoms with Crippen molar-refractivity contribution in [1.82, 2.24) is 10.2 Å². The summed E-state index contributed by atoms with van der Waals surface area (Å²) in [5.41, 5.74) is 9.30. The number of hydrogen-bond acceptors (Lipinski definition) is 7. The zero-order chi connectivity index (χ0) is 46.8. The Morgan fingerprint density at radius 1 is 0.769 bits per heavy atom. The summed E-state index contributed by atoms with van der Waals surface area (Å²) in [6, 6.07) is 29.4. The Kier molecular flexibility index (Phi) is 16.7. The molecule has 3 heterocycles. The van der Waals surface area contributed by atoms with Crippen molar-refractivity contribution in [2.24, 2.45) is 11.8 Å². The average molecular weight is 884 g/mol. The van der Waals surface area contributed by atoms with Crippen molar-refractivity contribution in [1.29, 1.82) is 0 Å². The number of carbonyl (C=O) groups is 4. The van der Waals surface area contributed by atoms with Gasteiger partial charge in [0.2, 0.25) is 5.91 Å². The standard InChI is InChI=1S/C29H31NO2.C20H28FNO2.C7H11NO/c1-20(31)21-15-17-30(18-16-21)25-10-7-23(8-11-25)29-27(22-5-3-2-4-6-22)13-9-24-19-26(32)12-14-28(24)29;1-5-7-20(21,8-6-2)13-22-11-16-9-18(14(3)23)19(15(4)24)10-17(16)12-22;1-5-3-4-6(2)8-7(5)9/h2-8,10-12,14,19,21,27,29,32H,9,13,15-18H2,1H3;9-10H,5-8,11-13H2,1-4H3;5H,2-4H2,1H3,(H,8,9). The number of aromatic hydroxyl groups is 1. The van der Waals surface area contributed by atoms with Crippen molar-refractivity contribution in [3.05, 3.63) is 142 Å². The first kappa shape index (κ1) is 49.0. The predicted molar refractivity (Wildman–Crippen MR) is 259 cm³/mol. The lowest BCUT2D eigenvalue weighted by molar-refractivity contribution is -0.125. The molecule has 0 saturated carbocycles. The van der Waals surface area contributed by atoms with E-state index < -0.39 is 5.67 Å². The molecule has 65 heavy (non-hydrogen) atoms.